The van der Waals surface area contributed by atoms with Gasteiger partial charge >= 0.3 is 0 Å². The van der Waals surface area contributed by atoms with Gasteiger partial charge in [-0.05, 0) is 48.3 Å². The Balaban J connectivity index is 1.95. The Labute approximate surface area is 129 Å². The van der Waals surface area contributed by atoms with E-state index < -0.39 is 0 Å². The van der Waals surface area contributed by atoms with Crippen LogP contribution >= 0.6 is 15.9 Å². The molecule has 112 valence electrons. The fraction of sp³-hybridized carbons (Fsp3) is 0.714. The van der Waals surface area contributed by atoms with E-state index in [9.17, 15) is 0 Å². The topological polar surface area (TPSA) is 53.1 Å². The highest BCUT2D eigenvalue weighted by atomic mass is 79.9. The first-order chi connectivity index (χ1) is 9.76. The van der Waals surface area contributed by atoms with Crippen molar-refractivity contribution in [3.63, 3.8) is 0 Å². The van der Waals surface area contributed by atoms with Crippen molar-refractivity contribution in [2.24, 2.45) is 0 Å². The molecule has 0 aliphatic carbocycles. The molecule has 2 rings (SSSR count). The third-order valence-electron chi connectivity index (χ3n) is 3.74. The van der Waals surface area contributed by atoms with E-state index in [-0.39, 0.29) is 0 Å². The molecule has 1 saturated heterocycles. The van der Waals surface area contributed by atoms with E-state index in [0.29, 0.717) is 6.04 Å². The van der Waals surface area contributed by atoms with Crippen LogP contribution < -0.4 is 10.6 Å². The third kappa shape index (κ3) is 3.82. The first kappa shape index (κ1) is 15.5. The fourth-order valence-corrected chi connectivity index (χ4v) is 3.10. The van der Waals surface area contributed by atoms with Gasteiger partial charge < -0.3 is 10.6 Å². The normalized spacial score (nSPS) is 19.2. The summed E-state index contributed by atoms with van der Waals surface area (Å²) < 4.78 is 0.925. The number of aromatic nitrogens is 2. The molecule has 1 aromatic heterocycles. The number of halogens is 1. The maximum atomic E-state index is 4.33. The molecule has 0 amide bonds. The number of hydrogen-bond acceptors (Lipinski definition) is 5. The Bertz CT molecular complexity index is 426. The highest BCUT2D eigenvalue weighted by Crippen LogP contribution is 2.27. The lowest BCUT2D eigenvalue weighted by molar-refractivity contribution is 0.277. The van der Waals surface area contributed by atoms with E-state index in [1.54, 1.807) is 6.33 Å². The van der Waals surface area contributed by atoms with Gasteiger partial charge in [-0.3, -0.25) is 4.90 Å². The number of hydrogen-bond donors (Lipinski definition) is 2. The molecule has 1 unspecified atom stereocenters. The van der Waals surface area contributed by atoms with Crippen molar-refractivity contribution >= 4 is 27.6 Å². The standard InChI is InChI=1S/C14H24BrN5/c1-3-7-16-13-12(15)14(19-10-18-13)17-9-11-6-5-8-20(11)4-2/h10-11H,3-9H2,1-2H3,(H2,16,17,18,19). The molecular formula is C14H24BrN5. The minimum absolute atomic E-state index is 0.619. The Hall–Kier alpha value is -0.880. The van der Waals surface area contributed by atoms with Gasteiger partial charge in [0.05, 0.1) is 0 Å². The molecule has 5 nitrogen and oxygen atoms in total. The van der Waals surface area contributed by atoms with Crippen LogP contribution in [0, 0.1) is 0 Å². The van der Waals surface area contributed by atoms with Crippen LogP contribution in [0.25, 0.3) is 0 Å². The van der Waals surface area contributed by atoms with Crippen molar-refractivity contribution in [3.8, 4) is 0 Å². The Morgan fingerprint density at radius 2 is 2.05 bits per heavy atom. The maximum Gasteiger partial charge on any atom is 0.146 e. The molecule has 0 saturated carbocycles. The molecule has 2 N–H and O–H groups in total. The predicted molar refractivity (Wildman–Crippen MR) is 87.3 cm³/mol. The SMILES string of the molecule is CCCNc1ncnc(NCC2CCCN2CC)c1Br. The van der Waals surface area contributed by atoms with Crippen LogP contribution in [0.1, 0.15) is 33.1 Å². The summed E-state index contributed by atoms with van der Waals surface area (Å²) in [5, 5.41) is 6.76. The van der Waals surface area contributed by atoms with E-state index in [0.717, 1.165) is 42.2 Å². The van der Waals surface area contributed by atoms with Crippen LogP contribution in [-0.2, 0) is 0 Å². The first-order valence-corrected chi connectivity index (χ1v) is 8.27. The van der Waals surface area contributed by atoms with E-state index >= 15 is 0 Å². The minimum Gasteiger partial charge on any atom is -0.369 e. The number of likely N-dealkylation sites (N-methyl/N-ethyl adjacent to an activating group) is 1. The van der Waals surface area contributed by atoms with Gasteiger partial charge in [-0.25, -0.2) is 9.97 Å². The van der Waals surface area contributed by atoms with Gasteiger partial charge in [-0.1, -0.05) is 13.8 Å². The van der Waals surface area contributed by atoms with E-state index in [4.69, 9.17) is 0 Å². The van der Waals surface area contributed by atoms with Crippen molar-refractivity contribution in [2.75, 3.05) is 36.8 Å². The zero-order valence-electron chi connectivity index (χ0n) is 12.3. The Morgan fingerprint density at radius 1 is 1.30 bits per heavy atom. The number of rotatable bonds is 7. The predicted octanol–water partition coefficient (Wildman–Crippen LogP) is 2.96. The molecule has 1 atom stereocenters. The van der Waals surface area contributed by atoms with Gasteiger partial charge in [0.15, 0.2) is 0 Å². The lowest BCUT2D eigenvalue weighted by Gasteiger charge is -2.23. The van der Waals surface area contributed by atoms with Crippen LogP contribution in [0.4, 0.5) is 11.6 Å². The summed E-state index contributed by atoms with van der Waals surface area (Å²) in [6.07, 6.45) is 5.25. The van der Waals surface area contributed by atoms with E-state index in [1.165, 1.54) is 19.4 Å². The number of anilines is 2. The summed E-state index contributed by atoms with van der Waals surface area (Å²) in [6.45, 7) is 8.57. The van der Waals surface area contributed by atoms with Crippen LogP contribution in [-0.4, -0.2) is 47.1 Å². The minimum atomic E-state index is 0.619. The zero-order valence-corrected chi connectivity index (χ0v) is 13.9. The molecule has 0 aromatic carbocycles. The second-order valence-electron chi connectivity index (χ2n) is 5.12. The summed E-state index contributed by atoms with van der Waals surface area (Å²) in [4.78, 5) is 11.1. The largest absolute Gasteiger partial charge is 0.369 e. The molecule has 1 aliphatic rings. The highest BCUT2D eigenvalue weighted by Gasteiger charge is 2.23. The summed E-state index contributed by atoms with van der Waals surface area (Å²) in [7, 11) is 0. The van der Waals surface area contributed by atoms with Gasteiger partial charge in [0.1, 0.15) is 22.4 Å². The monoisotopic (exact) mass is 341 g/mol. The van der Waals surface area contributed by atoms with Crippen molar-refractivity contribution in [1.82, 2.24) is 14.9 Å². The van der Waals surface area contributed by atoms with Crippen molar-refractivity contribution < 1.29 is 0 Å². The fourth-order valence-electron chi connectivity index (χ4n) is 2.62. The average Bonchev–Trinajstić information content (AvgIpc) is 2.92. The third-order valence-corrected chi connectivity index (χ3v) is 4.49. The summed E-state index contributed by atoms with van der Waals surface area (Å²) >= 11 is 3.59. The molecule has 20 heavy (non-hydrogen) atoms. The number of nitrogens with one attached hydrogen (secondary N) is 2. The summed E-state index contributed by atoms with van der Waals surface area (Å²) in [5.41, 5.74) is 0. The number of nitrogens with zero attached hydrogens (tertiary/aromatic N) is 3. The van der Waals surface area contributed by atoms with Crippen LogP contribution in [0.3, 0.4) is 0 Å². The lowest BCUT2D eigenvalue weighted by atomic mass is 10.2. The van der Waals surface area contributed by atoms with Crippen LogP contribution in [0.5, 0.6) is 0 Å². The highest BCUT2D eigenvalue weighted by molar-refractivity contribution is 9.10. The molecule has 0 bridgehead atoms. The van der Waals surface area contributed by atoms with Crippen molar-refractivity contribution in [1.29, 1.82) is 0 Å². The molecular weight excluding hydrogens is 318 g/mol. The van der Waals surface area contributed by atoms with Crippen LogP contribution in [0.15, 0.2) is 10.8 Å². The molecule has 0 spiro atoms. The van der Waals surface area contributed by atoms with Gasteiger partial charge in [0, 0.05) is 19.1 Å². The molecule has 0 radical (unpaired) electrons. The smallest absolute Gasteiger partial charge is 0.146 e. The molecule has 2 heterocycles. The maximum absolute atomic E-state index is 4.33. The van der Waals surface area contributed by atoms with E-state index in [2.05, 4.69) is 55.3 Å². The second-order valence-corrected chi connectivity index (χ2v) is 5.91. The second kappa shape index (κ2) is 7.78. The van der Waals surface area contributed by atoms with Gasteiger partial charge in [-0.15, -0.1) is 0 Å². The van der Waals surface area contributed by atoms with Crippen molar-refractivity contribution in [3.05, 3.63) is 10.8 Å². The zero-order chi connectivity index (χ0) is 14.4. The first-order valence-electron chi connectivity index (χ1n) is 7.48. The number of likely N-dealkylation sites (tertiary alicyclic amines) is 1. The van der Waals surface area contributed by atoms with Crippen LogP contribution in [0.2, 0.25) is 0 Å². The van der Waals surface area contributed by atoms with Gasteiger partial charge in [0.2, 0.25) is 0 Å². The Morgan fingerprint density at radius 3 is 2.75 bits per heavy atom. The van der Waals surface area contributed by atoms with E-state index in [1.807, 2.05) is 0 Å². The molecule has 1 aromatic rings. The lowest BCUT2D eigenvalue weighted by Crippen LogP contribution is -2.34. The summed E-state index contributed by atoms with van der Waals surface area (Å²) in [6, 6.07) is 0.619. The molecule has 1 fully saturated rings. The average molecular weight is 342 g/mol. The quantitative estimate of drug-likeness (QED) is 0.798. The Kier molecular flexibility index (Phi) is 6.04. The molecule has 1 aliphatic heterocycles. The van der Waals surface area contributed by atoms with Gasteiger partial charge in [0.25, 0.3) is 0 Å². The van der Waals surface area contributed by atoms with Crippen molar-refractivity contribution in [2.45, 2.75) is 39.2 Å². The summed E-state index contributed by atoms with van der Waals surface area (Å²) in [5.74, 6) is 1.74. The molecule has 6 heteroatoms. The van der Waals surface area contributed by atoms with Gasteiger partial charge in [-0.2, -0.15) is 0 Å².